The largest absolute Gasteiger partial charge is 0.473 e. The van der Waals surface area contributed by atoms with Crippen molar-refractivity contribution in [2.75, 3.05) is 19.8 Å². The number of carbonyl (C=O) groups excluding carboxylic acids is 1. The van der Waals surface area contributed by atoms with E-state index >= 15 is 0 Å². The van der Waals surface area contributed by atoms with Gasteiger partial charge < -0.3 is 9.64 Å². The molecule has 4 nitrogen and oxygen atoms in total. The number of ether oxygens (including phenoxy) is 1. The van der Waals surface area contributed by atoms with Gasteiger partial charge in [-0.2, -0.15) is 0 Å². The topological polar surface area (TPSA) is 32.8 Å². The molecule has 1 heterocycles. The zero-order valence-corrected chi connectivity index (χ0v) is 15.2. The molecule has 1 saturated heterocycles. The highest BCUT2D eigenvalue weighted by Gasteiger charge is 2.29. The van der Waals surface area contributed by atoms with E-state index < -0.39 is 0 Å². The van der Waals surface area contributed by atoms with E-state index in [-0.39, 0.29) is 18.6 Å². The second kappa shape index (κ2) is 8.37. The Kier molecular flexibility index (Phi) is 5.94. The summed E-state index contributed by atoms with van der Waals surface area (Å²) in [6, 6.07) is 13.4. The van der Waals surface area contributed by atoms with Crippen molar-refractivity contribution in [1.29, 1.82) is 0 Å². The van der Waals surface area contributed by atoms with Gasteiger partial charge in [0.15, 0.2) is 6.73 Å². The predicted octanol–water partition coefficient (Wildman–Crippen LogP) is 3.74. The van der Waals surface area contributed by atoms with Gasteiger partial charge in [-0.3, -0.25) is 4.90 Å². The first-order valence-electron chi connectivity index (χ1n) is 8.43. The highest BCUT2D eigenvalue weighted by atomic mass is 35.5. The van der Waals surface area contributed by atoms with Crippen LogP contribution in [0.5, 0.6) is 5.75 Å². The van der Waals surface area contributed by atoms with E-state index in [1.54, 1.807) is 36.4 Å². The summed E-state index contributed by atoms with van der Waals surface area (Å²) in [6.45, 7) is 4.33. The van der Waals surface area contributed by atoms with Crippen molar-refractivity contribution in [3.05, 3.63) is 70.6 Å². The molecule has 1 atom stereocenters. The van der Waals surface area contributed by atoms with E-state index in [9.17, 15) is 9.18 Å². The van der Waals surface area contributed by atoms with Crippen LogP contribution in [0, 0.1) is 5.82 Å². The standard InChI is InChI=1S/C20H20ClFN2O2/c1-15-20(13-25)24(14-26-19-8-4-17(21)5-9-19)11-10-23(15)12-16-2-6-18(22)7-3-16/h2-9,15H,10-12,14H2,1H3/t15-/m1/s1. The smallest absolute Gasteiger partial charge is 0.161 e. The molecule has 136 valence electrons. The van der Waals surface area contributed by atoms with Crippen LogP contribution in [-0.2, 0) is 11.3 Å². The molecule has 6 heteroatoms. The van der Waals surface area contributed by atoms with Gasteiger partial charge >= 0.3 is 0 Å². The van der Waals surface area contributed by atoms with Crippen LogP contribution in [0.15, 0.2) is 54.2 Å². The molecule has 0 N–H and O–H groups in total. The van der Waals surface area contributed by atoms with Crippen LogP contribution < -0.4 is 4.74 Å². The fourth-order valence-corrected chi connectivity index (χ4v) is 3.13. The lowest BCUT2D eigenvalue weighted by molar-refractivity contribution is 0.0733. The molecule has 0 bridgehead atoms. The Morgan fingerprint density at radius 3 is 2.50 bits per heavy atom. The Hall–Kier alpha value is -2.33. The van der Waals surface area contributed by atoms with E-state index in [4.69, 9.17) is 16.3 Å². The quantitative estimate of drug-likeness (QED) is 0.746. The Morgan fingerprint density at radius 2 is 1.85 bits per heavy atom. The molecule has 0 amide bonds. The minimum Gasteiger partial charge on any atom is -0.473 e. The average Bonchev–Trinajstić information content (AvgIpc) is 2.65. The molecule has 26 heavy (non-hydrogen) atoms. The van der Waals surface area contributed by atoms with Gasteiger partial charge in [0.1, 0.15) is 23.2 Å². The number of piperazine rings is 1. The van der Waals surface area contributed by atoms with Gasteiger partial charge in [-0.1, -0.05) is 23.7 Å². The maximum absolute atomic E-state index is 13.1. The van der Waals surface area contributed by atoms with Gasteiger partial charge in [-0.25, -0.2) is 9.18 Å². The van der Waals surface area contributed by atoms with Crippen LogP contribution >= 0.6 is 11.6 Å². The second-order valence-electron chi connectivity index (χ2n) is 6.25. The molecule has 0 aliphatic carbocycles. The van der Waals surface area contributed by atoms with Gasteiger partial charge in [0, 0.05) is 24.7 Å². The van der Waals surface area contributed by atoms with Crippen molar-refractivity contribution in [2.45, 2.75) is 19.5 Å². The number of halogens is 2. The number of benzene rings is 2. The molecule has 2 aromatic rings. The summed E-state index contributed by atoms with van der Waals surface area (Å²) in [4.78, 5) is 15.6. The summed E-state index contributed by atoms with van der Waals surface area (Å²) in [5, 5.41) is 0.647. The predicted molar refractivity (Wildman–Crippen MR) is 99.1 cm³/mol. The maximum Gasteiger partial charge on any atom is 0.161 e. The zero-order chi connectivity index (χ0) is 18.5. The Labute approximate surface area is 157 Å². The molecule has 1 fully saturated rings. The third-order valence-corrected chi connectivity index (χ3v) is 4.80. The summed E-state index contributed by atoms with van der Waals surface area (Å²) in [5.74, 6) is 2.51. The first kappa shape index (κ1) is 18.5. The molecule has 1 aliphatic rings. The van der Waals surface area contributed by atoms with Crippen LogP contribution in [0.4, 0.5) is 4.39 Å². The summed E-state index contributed by atoms with van der Waals surface area (Å²) in [5.41, 5.74) is 1.57. The monoisotopic (exact) mass is 374 g/mol. The molecule has 0 saturated carbocycles. The van der Waals surface area contributed by atoms with E-state index in [1.165, 1.54) is 12.1 Å². The number of hydrogen-bond donors (Lipinski definition) is 0. The van der Waals surface area contributed by atoms with Crippen LogP contribution in [0.2, 0.25) is 5.02 Å². The highest BCUT2D eigenvalue weighted by molar-refractivity contribution is 6.30. The normalized spacial score (nSPS) is 17.9. The Morgan fingerprint density at radius 1 is 1.15 bits per heavy atom. The second-order valence-corrected chi connectivity index (χ2v) is 6.69. The van der Waals surface area contributed by atoms with Gasteiger partial charge in [-0.15, -0.1) is 0 Å². The lowest BCUT2D eigenvalue weighted by Crippen LogP contribution is -2.50. The Balaban J connectivity index is 1.62. The maximum atomic E-state index is 13.1. The zero-order valence-electron chi connectivity index (χ0n) is 14.5. The van der Waals surface area contributed by atoms with E-state index in [0.717, 1.165) is 12.1 Å². The van der Waals surface area contributed by atoms with Gasteiger partial charge in [-0.05, 0) is 48.9 Å². The summed E-state index contributed by atoms with van der Waals surface area (Å²) < 4.78 is 18.8. The number of rotatable bonds is 5. The molecular weight excluding hydrogens is 355 g/mol. The molecule has 0 unspecified atom stereocenters. The van der Waals surface area contributed by atoms with Crippen molar-refractivity contribution in [3.8, 4) is 5.75 Å². The van der Waals surface area contributed by atoms with E-state index in [0.29, 0.717) is 29.6 Å². The molecule has 0 spiro atoms. The van der Waals surface area contributed by atoms with Crippen molar-refractivity contribution in [3.63, 3.8) is 0 Å². The average molecular weight is 375 g/mol. The molecule has 3 rings (SSSR count). The van der Waals surface area contributed by atoms with Crippen molar-refractivity contribution >= 4 is 17.5 Å². The van der Waals surface area contributed by atoms with Gasteiger partial charge in [0.25, 0.3) is 0 Å². The summed E-state index contributed by atoms with van der Waals surface area (Å²) in [7, 11) is 0. The van der Waals surface area contributed by atoms with Gasteiger partial charge in [0.05, 0.1) is 6.04 Å². The minimum atomic E-state index is -0.251. The fraction of sp³-hybridized carbons (Fsp3) is 0.300. The first-order valence-corrected chi connectivity index (χ1v) is 8.81. The summed E-state index contributed by atoms with van der Waals surface area (Å²) in [6.07, 6.45) is 0. The minimum absolute atomic E-state index is 0.0971. The molecule has 0 radical (unpaired) electrons. The molecule has 0 aromatic heterocycles. The van der Waals surface area contributed by atoms with Crippen molar-refractivity contribution in [2.24, 2.45) is 0 Å². The van der Waals surface area contributed by atoms with Crippen LogP contribution in [0.25, 0.3) is 0 Å². The molecule has 2 aromatic carbocycles. The van der Waals surface area contributed by atoms with E-state index in [1.807, 2.05) is 11.8 Å². The SMILES string of the molecule is C[C@@H]1C(=C=O)N(COc2ccc(Cl)cc2)CCN1Cc1ccc(F)cc1. The van der Waals surface area contributed by atoms with Crippen molar-refractivity contribution in [1.82, 2.24) is 9.80 Å². The van der Waals surface area contributed by atoms with Crippen LogP contribution in [-0.4, -0.2) is 41.6 Å². The lowest BCUT2D eigenvalue weighted by Gasteiger charge is -2.40. The van der Waals surface area contributed by atoms with Crippen LogP contribution in [0.3, 0.4) is 0 Å². The number of hydrogen-bond acceptors (Lipinski definition) is 4. The molecular formula is C20H20ClFN2O2. The third kappa shape index (κ3) is 4.44. The molecule has 1 aliphatic heterocycles. The van der Waals surface area contributed by atoms with E-state index in [2.05, 4.69) is 10.8 Å². The summed E-state index contributed by atoms with van der Waals surface area (Å²) >= 11 is 5.87. The number of nitrogens with zero attached hydrogens (tertiary/aromatic N) is 2. The fourth-order valence-electron chi connectivity index (χ4n) is 3.01. The first-order chi connectivity index (χ1) is 12.6. The highest BCUT2D eigenvalue weighted by Crippen LogP contribution is 2.22. The Bertz CT molecular complexity index is 784. The third-order valence-electron chi connectivity index (χ3n) is 4.55. The van der Waals surface area contributed by atoms with Crippen LogP contribution in [0.1, 0.15) is 12.5 Å². The lowest BCUT2D eigenvalue weighted by atomic mass is 10.1. The van der Waals surface area contributed by atoms with Gasteiger partial charge in [0.2, 0.25) is 0 Å². The van der Waals surface area contributed by atoms with Crippen molar-refractivity contribution < 1.29 is 13.9 Å².